The predicted molar refractivity (Wildman–Crippen MR) is 120 cm³/mol. The molecule has 156 valence electrons. The van der Waals surface area contributed by atoms with Gasteiger partial charge in [0.2, 0.25) is 11.9 Å². The van der Waals surface area contributed by atoms with Crippen molar-refractivity contribution in [1.29, 1.82) is 0 Å². The van der Waals surface area contributed by atoms with Gasteiger partial charge in [0.25, 0.3) is 10.0 Å². The third-order valence-electron chi connectivity index (χ3n) is 3.92. The second kappa shape index (κ2) is 9.92. The Balaban J connectivity index is 1.54. The fraction of sp³-hybridized carbons (Fsp3) is 0.150. The first-order valence-corrected chi connectivity index (χ1v) is 11.9. The summed E-state index contributed by atoms with van der Waals surface area (Å²) < 4.78 is 27.2. The first-order chi connectivity index (χ1) is 14.3. The Morgan fingerprint density at radius 2 is 1.83 bits per heavy atom. The highest BCUT2D eigenvalue weighted by Gasteiger charge is 2.16. The maximum atomic E-state index is 12.5. The van der Waals surface area contributed by atoms with Crippen LogP contribution in [0.15, 0.2) is 65.7 Å². The zero-order valence-electron chi connectivity index (χ0n) is 16.0. The van der Waals surface area contributed by atoms with Crippen LogP contribution < -0.4 is 10.0 Å². The minimum atomic E-state index is -3.83. The normalized spacial score (nSPS) is 11.1. The molecule has 0 aliphatic rings. The number of halogens is 1. The summed E-state index contributed by atoms with van der Waals surface area (Å²) in [6.07, 6.45) is 1.47. The molecule has 7 nitrogen and oxygen atoms in total. The van der Waals surface area contributed by atoms with Crippen LogP contribution in [0.25, 0.3) is 0 Å². The predicted octanol–water partition coefficient (Wildman–Crippen LogP) is 4.11. The largest absolute Gasteiger partial charge is 0.325 e. The van der Waals surface area contributed by atoms with E-state index in [1.165, 1.54) is 42.2 Å². The van der Waals surface area contributed by atoms with Gasteiger partial charge in [-0.1, -0.05) is 29.8 Å². The number of anilines is 2. The van der Waals surface area contributed by atoms with E-state index in [9.17, 15) is 13.2 Å². The SMILES string of the molecule is Cc1ccnc(NS(=O)(=O)c2ccc(NC(=O)CSCc3ccccc3Cl)cc2)n1. The number of hydrogen-bond acceptors (Lipinski definition) is 6. The molecule has 0 unspecified atom stereocenters. The number of thioether (sulfide) groups is 1. The highest BCUT2D eigenvalue weighted by atomic mass is 35.5. The van der Waals surface area contributed by atoms with Crippen molar-refractivity contribution in [2.75, 3.05) is 15.8 Å². The Morgan fingerprint density at radius 1 is 1.10 bits per heavy atom. The number of aryl methyl sites for hydroxylation is 1. The lowest BCUT2D eigenvalue weighted by atomic mass is 10.2. The number of benzene rings is 2. The quantitative estimate of drug-likeness (QED) is 0.522. The number of nitrogens with zero attached hydrogens (tertiary/aromatic N) is 2. The Kier molecular flexibility index (Phi) is 7.30. The molecule has 0 aliphatic heterocycles. The first kappa shape index (κ1) is 22.1. The van der Waals surface area contributed by atoms with E-state index in [0.717, 1.165) is 5.56 Å². The van der Waals surface area contributed by atoms with Crippen LogP contribution in [-0.4, -0.2) is 30.0 Å². The summed E-state index contributed by atoms with van der Waals surface area (Å²) in [6.45, 7) is 1.74. The van der Waals surface area contributed by atoms with Gasteiger partial charge in [-0.2, -0.15) is 0 Å². The maximum Gasteiger partial charge on any atom is 0.264 e. The van der Waals surface area contributed by atoms with Crippen molar-refractivity contribution in [3.05, 3.63) is 77.1 Å². The zero-order chi connectivity index (χ0) is 21.6. The Bertz CT molecular complexity index is 1140. The van der Waals surface area contributed by atoms with E-state index in [1.807, 2.05) is 24.3 Å². The molecule has 0 bridgehead atoms. The van der Waals surface area contributed by atoms with Crippen LogP contribution >= 0.6 is 23.4 Å². The molecule has 2 N–H and O–H groups in total. The molecule has 1 amide bonds. The van der Waals surface area contributed by atoms with Gasteiger partial charge in [-0.25, -0.2) is 23.1 Å². The average Bonchev–Trinajstić information content (AvgIpc) is 2.69. The summed E-state index contributed by atoms with van der Waals surface area (Å²) in [5.41, 5.74) is 2.12. The Hall–Kier alpha value is -2.62. The van der Waals surface area contributed by atoms with Gasteiger partial charge in [-0.15, -0.1) is 11.8 Å². The van der Waals surface area contributed by atoms with Gasteiger partial charge in [0.05, 0.1) is 10.6 Å². The van der Waals surface area contributed by atoms with E-state index in [2.05, 4.69) is 20.0 Å². The van der Waals surface area contributed by atoms with Crippen molar-refractivity contribution >= 4 is 50.9 Å². The van der Waals surface area contributed by atoms with Crippen molar-refractivity contribution in [1.82, 2.24) is 9.97 Å². The molecule has 0 saturated carbocycles. The van der Waals surface area contributed by atoms with Crippen LogP contribution in [0.3, 0.4) is 0 Å². The van der Waals surface area contributed by atoms with Gasteiger partial charge in [0.1, 0.15) is 0 Å². The van der Waals surface area contributed by atoms with E-state index in [0.29, 0.717) is 22.2 Å². The number of sulfonamides is 1. The zero-order valence-corrected chi connectivity index (χ0v) is 18.4. The lowest BCUT2D eigenvalue weighted by molar-refractivity contribution is -0.113. The van der Waals surface area contributed by atoms with Crippen LogP contribution in [0, 0.1) is 6.92 Å². The number of carbonyl (C=O) groups is 1. The number of nitrogens with one attached hydrogen (secondary N) is 2. The van der Waals surface area contributed by atoms with Crippen molar-refractivity contribution < 1.29 is 13.2 Å². The molecule has 0 aliphatic carbocycles. The fourth-order valence-electron chi connectivity index (χ4n) is 2.46. The van der Waals surface area contributed by atoms with Gasteiger partial charge in [0, 0.05) is 28.4 Å². The monoisotopic (exact) mass is 462 g/mol. The summed E-state index contributed by atoms with van der Waals surface area (Å²) >= 11 is 7.55. The second-order valence-corrected chi connectivity index (χ2v) is 9.36. The van der Waals surface area contributed by atoms with Gasteiger partial charge in [0.15, 0.2) is 0 Å². The molecule has 1 heterocycles. The van der Waals surface area contributed by atoms with Crippen LogP contribution in [0.5, 0.6) is 0 Å². The number of hydrogen-bond donors (Lipinski definition) is 2. The van der Waals surface area contributed by atoms with Crippen molar-refractivity contribution in [2.24, 2.45) is 0 Å². The number of rotatable bonds is 8. The average molecular weight is 463 g/mol. The van der Waals surface area contributed by atoms with Crippen LogP contribution in [-0.2, 0) is 20.6 Å². The smallest absolute Gasteiger partial charge is 0.264 e. The summed E-state index contributed by atoms with van der Waals surface area (Å²) in [7, 11) is -3.83. The van der Waals surface area contributed by atoms with Crippen LogP contribution in [0.2, 0.25) is 5.02 Å². The van der Waals surface area contributed by atoms with Gasteiger partial charge < -0.3 is 5.32 Å². The molecular weight excluding hydrogens is 444 g/mol. The molecule has 0 atom stereocenters. The molecule has 2 aromatic carbocycles. The molecule has 10 heteroatoms. The third kappa shape index (κ3) is 6.19. The van der Waals surface area contributed by atoms with E-state index in [1.54, 1.807) is 13.0 Å². The molecule has 3 aromatic rings. The highest BCUT2D eigenvalue weighted by Crippen LogP contribution is 2.21. The van der Waals surface area contributed by atoms with Gasteiger partial charge in [-0.05, 0) is 48.9 Å². The number of amides is 1. The minimum Gasteiger partial charge on any atom is -0.325 e. The number of carbonyl (C=O) groups excluding carboxylic acids is 1. The summed E-state index contributed by atoms with van der Waals surface area (Å²) in [5, 5.41) is 3.42. The van der Waals surface area contributed by atoms with E-state index in [4.69, 9.17) is 11.6 Å². The standard InChI is InChI=1S/C20H19ClN4O3S2/c1-14-10-11-22-20(23-14)25-30(27,28)17-8-6-16(7-9-17)24-19(26)13-29-12-15-4-2-3-5-18(15)21/h2-11H,12-13H2,1H3,(H,24,26)(H,22,23,25). The third-order valence-corrected chi connectivity index (χ3v) is 6.61. The van der Waals surface area contributed by atoms with Gasteiger partial charge >= 0.3 is 0 Å². The van der Waals surface area contributed by atoms with Crippen LogP contribution in [0.4, 0.5) is 11.6 Å². The van der Waals surface area contributed by atoms with E-state index in [-0.39, 0.29) is 22.5 Å². The maximum absolute atomic E-state index is 12.5. The summed E-state index contributed by atoms with van der Waals surface area (Å²) in [5.74, 6) is 0.686. The Morgan fingerprint density at radius 3 is 2.53 bits per heavy atom. The highest BCUT2D eigenvalue weighted by molar-refractivity contribution is 7.99. The second-order valence-electron chi connectivity index (χ2n) is 6.28. The molecule has 3 rings (SSSR count). The molecule has 0 spiro atoms. The fourth-order valence-corrected chi connectivity index (χ4v) is 4.52. The van der Waals surface area contributed by atoms with E-state index < -0.39 is 10.0 Å². The molecule has 0 radical (unpaired) electrons. The first-order valence-electron chi connectivity index (χ1n) is 8.87. The van der Waals surface area contributed by atoms with E-state index >= 15 is 0 Å². The van der Waals surface area contributed by atoms with Crippen molar-refractivity contribution in [3.8, 4) is 0 Å². The van der Waals surface area contributed by atoms with Crippen LogP contribution in [0.1, 0.15) is 11.3 Å². The summed E-state index contributed by atoms with van der Waals surface area (Å²) in [4.78, 5) is 20.1. The minimum absolute atomic E-state index is 0.00271. The molecule has 1 aromatic heterocycles. The topological polar surface area (TPSA) is 101 Å². The lowest BCUT2D eigenvalue weighted by Crippen LogP contribution is -2.16. The molecule has 30 heavy (non-hydrogen) atoms. The van der Waals surface area contributed by atoms with Gasteiger partial charge in [-0.3, -0.25) is 4.79 Å². The Labute approximate surface area is 184 Å². The molecule has 0 saturated heterocycles. The number of aromatic nitrogens is 2. The lowest BCUT2D eigenvalue weighted by Gasteiger charge is -2.09. The van der Waals surface area contributed by atoms with Crippen molar-refractivity contribution in [3.63, 3.8) is 0 Å². The molecular formula is C20H19ClN4O3S2. The van der Waals surface area contributed by atoms with Crippen molar-refractivity contribution in [2.45, 2.75) is 17.6 Å². The molecule has 0 fully saturated rings. The summed E-state index contributed by atoms with van der Waals surface area (Å²) in [6, 6.07) is 15.0.